The lowest BCUT2D eigenvalue weighted by molar-refractivity contribution is -0.0574. The average molecular weight is 269 g/mol. The van der Waals surface area contributed by atoms with Crippen molar-refractivity contribution in [1.29, 1.82) is 0 Å². The first kappa shape index (κ1) is 12.2. The number of aliphatic hydroxyl groups is 3. The van der Waals surface area contributed by atoms with Gasteiger partial charge in [0.25, 0.3) is 0 Å². The summed E-state index contributed by atoms with van der Waals surface area (Å²) in [6, 6.07) is 0. The number of aromatic nitrogens is 5. The minimum atomic E-state index is -1.29. The molecule has 0 spiro atoms. The SMILES string of the molecule is OC[C@@H]1O[C@H](n2nnc3c(O)ncnc32)[C@H](O)C1O. The highest BCUT2D eigenvalue weighted by Crippen LogP contribution is 2.31. The molecule has 0 bridgehead atoms. The minimum absolute atomic E-state index is 0.0558. The minimum Gasteiger partial charge on any atom is -0.492 e. The summed E-state index contributed by atoms with van der Waals surface area (Å²) in [5.41, 5.74) is 0.211. The number of hydrogen-bond donors (Lipinski definition) is 4. The Kier molecular flexibility index (Phi) is 2.78. The van der Waals surface area contributed by atoms with E-state index in [1.54, 1.807) is 0 Å². The van der Waals surface area contributed by atoms with Gasteiger partial charge in [-0.3, -0.25) is 0 Å². The van der Waals surface area contributed by atoms with Crippen LogP contribution >= 0.6 is 0 Å². The smallest absolute Gasteiger partial charge is 0.244 e. The Labute approximate surface area is 105 Å². The fraction of sp³-hybridized carbons (Fsp3) is 0.556. The molecule has 3 rings (SSSR count). The van der Waals surface area contributed by atoms with Crippen LogP contribution in [0.2, 0.25) is 0 Å². The van der Waals surface area contributed by atoms with Gasteiger partial charge in [-0.25, -0.2) is 4.98 Å². The Morgan fingerprint density at radius 1 is 1.26 bits per heavy atom. The molecule has 10 nitrogen and oxygen atoms in total. The summed E-state index contributed by atoms with van der Waals surface area (Å²) in [5, 5.41) is 45.5. The van der Waals surface area contributed by atoms with Gasteiger partial charge in [-0.15, -0.1) is 5.10 Å². The lowest BCUT2D eigenvalue weighted by Gasteiger charge is -2.14. The maximum Gasteiger partial charge on any atom is 0.244 e. The first-order valence-electron chi connectivity index (χ1n) is 5.50. The topological polar surface area (TPSA) is 147 Å². The van der Waals surface area contributed by atoms with Gasteiger partial charge in [0.1, 0.15) is 24.6 Å². The van der Waals surface area contributed by atoms with Crippen molar-refractivity contribution in [2.75, 3.05) is 6.61 Å². The lowest BCUT2D eigenvalue weighted by atomic mass is 10.1. The molecular formula is C9H11N5O5. The van der Waals surface area contributed by atoms with Crippen LogP contribution in [-0.2, 0) is 4.74 Å². The highest BCUT2D eigenvalue weighted by Gasteiger charge is 2.44. The van der Waals surface area contributed by atoms with Crippen molar-refractivity contribution in [2.24, 2.45) is 0 Å². The second-order valence-electron chi connectivity index (χ2n) is 4.13. The number of aliphatic hydroxyl groups excluding tert-OH is 3. The molecule has 4 atom stereocenters. The fourth-order valence-electron chi connectivity index (χ4n) is 2.01. The molecule has 2 aromatic heterocycles. The van der Waals surface area contributed by atoms with Crippen molar-refractivity contribution < 1.29 is 25.2 Å². The summed E-state index contributed by atoms with van der Waals surface area (Å²) in [4.78, 5) is 7.44. The molecule has 19 heavy (non-hydrogen) atoms. The Bertz CT molecular complexity index is 604. The normalized spacial score (nSPS) is 31.1. The van der Waals surface area contributed by atoms with Crippen molar-refractivity contribution in [3.63, 3.8) is 0 Å². The van der Waals surface area contributed by atoms with Crippen LogP contribution < -0.4 is 0 Å². The number of ether oxygens (including phenoxy) is 1. The molecule has 0 saturated carbocycles. The zero-order chi connectivity index (χ0) is 13.6. The summed E-state index contributed by atoms with van der Waals surface area (Å²) in [7, 11) is 0. The van der Waals surface area contributed by atoms with Crippen LogP contribution in [0.1, 0.15) is 6.23 Å². The van der Waals surface area contributed by atoms with E-state index in [1.807, 2.05) is 0 Å². The van der Waals surface area contributed by atoms with Crippen molar-refractivity contribution >= 4 is 11.2 Å². The van der Waals surface area contributed by atoms with Gasteiger partial charge in [0, 0.05) is 0 Å². The molecule has 0 aliphatic carbocycles. The quantitative estimate of drug-likeness (QED) is 0.466. The molecule has 0 amide bonds. The van der Waals surface area contributed by atoms with Gasteiger partial charge in [0.05, 0.1) is 6.61 Å². The van der Waals surface area contributed by atoms with E-state index in [2.05, 4.69) is 20.3 Å². The van der Waals surface area contributed by atoms with E-state index in [9.17, 15) is 15.3 Å². The number of nitrogens with zero attached hydrogens (tertiary/aromatic N) is 5. The number of aromatic hydroxyl groups is 1. The fourth-order valence-corrected chi connectivity index (χ4v) is 2.01. The molecule has 2 aromatic rings. The highest BCUT2D eigenvalue weighted by atomic mass is 16.6. The van der Waals surface area contributed by atoms with Gasteiger partial charge in [0.15, 0.2) is 17.4 Å². The van der Waals surface area contributed by atoms with Crippen LogP contribution in [0.5, 0.6) is 5.88 Å². The Morgan fingerprint density at radius 2 is 2.05 bits per heavy atom. The molecule has 10 heteroatoms. The molecule has 3 heterocycles. The first-order chi connectivity index (χ1) is 9.13. The van der Waals surface area contributed by atoms with Gasteiger partial charge in [0.2, 0.25) is 5.88 Å². The van der Waals surface area contributed by atoms with Crippen LogP contribution in [0.25, 0.3) is 11.2 Å². The highest BCUT2D eigenvalue weighted by molar-refractivity contribution is 5.74. The average Bonchev–Trinajstić information content (AvgIpc) is 2.94. The number of hydrogen-bond acceptors (Lipinski definition) is 9. The van der Waals surface area contributed by atoms with Crippen molar-refractivity contribution in [1.82, 2.24) is 25.0 Å². The third-order valence-electron chi connectivity index (χ3n) is 3.00. The second kappa shape index (κ2) is 4.35. The monoisotopic (exact) mass is 269 g/mol. The van der Waals surface area contributed by atoms with Crippen LogP contribution in [-0.4, -0.2) is 70.3 Å². The predicted molar refractivity (Wildman–Crippen MR) is 57.8 cm³/mol. The Hall–Kier alpha value is -1.88. The summed E-state index contributed by atoms with van der Waals surface area (Å²) < 4.78 is 6.42. The molecule has 4 N–H and O–H groups in total. The summed E-state index contributed by atoms with van der Waals surface area (Å²) in [6.07, 6.45) is -3.40. The molecule has 0 aromatic carbocycles. The van der Waals surface area contributed by atoms with Gasteiger partial charge < -0.3 is 25.2 Å². The lowest BCUT2D eigenvalue weighted by Crippen LogP contribution is -2.33. The standard InChI is InChI=1S/C9H11N5O5/c15-1-3-5(16)6(17)9(19-3)14-7-4(12-13-14)8(18)11-2-10-7/h2-3,5-6,9,15-17H,1H2,(H,10,11,18)/t3-,5?,6+,9-/m0/s1. The van der Waals surface area contributed by atoms with Crippen LogP contribution in [0, 0.1) is 0 Å². The molecule has 102 valence electrons. The van der Waals surface area contributed by atoms with E-state index in [0.717, 1.165) is 11.0 Å². The molecular weight excluding hydrogens is 258 g/mol. The zero-order valence-corrected chi connectivity index (χ0v) is 9.53. The number of fused-ring (bicyclic) bond motifs is 1. The molecule has 1 fully saturated rings. The summed E-state index contributed by atoms with van der Waals surface area (Å²) in [6.45, 7) is -0.443. The van der Waals surface area contributed by atoms with Crippen LogP contribution in [0.4, 0.5) is 0 Å². The summed E-state index contributed by atoms with van der Waals surface area (Å²) >= 11 is 0. The maximum atomic E-state index is 9.88. The van der Waals surface area contributed by atoms with E-state index >= 15 is 0 Å². The largest absolute Gasteiger partial charge is 0.492 e. The van der Waals surface area contributed by atoms with E-state index in [-0.39, 0.29) is 17.0 Å². The second-order valence-corrected chi connectivity index (χ2v) is 4.13. The van der Waals surface area contributed by atoms with Gasteiger partial charge in [-0.1, -0.05) is 5.21 Å². The predicted octanol–water partition coefficient (Wildman–Crippen LogP) is -2.46. The Balaban J connectivity index is 2.04. The van der Waals surface area contributed by atoms with E-state index in [0.29, 0.717) is 0 Å². The number of rotatable bonds is 2. The van der Waals surface area contributed by atoms with Crippen molar-refractivity contribution in [2.45, 2.75) is 24.5 Å². The van der Waals surface area contributed by atoms with Crippen LogP contribution in [0.15, 0.2) is 6.33 Å². The van der Waals surface area contributed by atoms with Crippen molar-refractivity contribution in [3.8, 4) is 5.88 Å². The van der Waals surface area contributed by atoms with E-state index < -0.39 is 31.1 Å². The Morgan fingerprint density at radius 3 is 2.74 bits per heavy atom. The molecule has 0 radical (unpaired) electrons. The van der Waals surface area contributed by atoms with E-state index in [4.69, 9.17) is 9.84 Å². The van der Waals surface area contributed by atoms with Crippen LogP contribution in [0.3, 0.4) is 0 Å². The third-order valence-corrected chi connectivity index (χ3v) is 3.00. The first-order valence-corrected chi connectivity index (χ1v) is 5.50. The zero-order valence-electron chi connectivity index (χ0n) is 9.53. The molecule has 1 aliphatic heterocycles. The molecule has 1 aliphatic rings. The van der Waals surface area contributed by atoms with Crippen molar-refractivity contribution in [3.05, 3.63) is 6.33 Å². The van der Waals surface area contributed by atoms with Gasteiger partial charge in [-0.05, 0) is 0 Å². The maximum absolute atomic E-state index is 9.88. The summed E-state index contributed by atoms with van der Waals surface area (Å²) in [5.74, 6) is -0.344. The van der Waals surface area contributed by atoms with E-state index in [1.165, 1.54) is 0 Å². The van der Waals surface area contributed by atoms with Gasteiger partial charge >= 0.3 is 0 Å². The molecule has 1 saturated heterocycles. The third kappa shape index (κ3) is 1.73. The van der Waals surface area contributed by atoms with Gasteiger partial charge in [-0.2, -0.15) is 9.67 Å². The molecule has 1 unspecified atom stereocenters.